The Morgan fingerprint density at radius 1 is 1.10 bits per heavy atom. The van der Waals surface area contributed by atoms with Crippen LogP contribution in [0, 0.1) is 6.92 Å². The Balaban J connectivity index is 2.35. The third kappa shape index (κ3) is 3.50. The van der Waals surface area contributed by atoms with E-state index >= 15 is 0 Å². The largest absolute Gasteiger partial charge is 0.388 e. The van der Waals surface area contributed by atoms with Crippen LogP contribution in [-0.4, -0.2) is 11.7 Å². The fourth-order valence-electron chi connectivity index (χ4n) is 2.22. The molecule has 2 aromatic rings. The summed E-state index contributed by atoms with van der Waals surface area (Å²) in [6.45, 7) is 2.44. The summed E-state index contributed by atoms with van der Waals surface area (Å²) in [5, 5.41) is 10.7. The third-order valence-electron chi connectivity index (χ3n) is 3.42. The van der Waals surface area contributed by atoms with Gasteiger partial charge in [-0.05, 0) is 36.2 Å². The zero-order chi connectivity index (χ0) is 14.7. The molecule has 4 heteroatoms. The number of hydrogen-bond donors (Lipinski definition) is 2. The second-order valence-electron chi connectivity index (χ2n) is 4.86. The summed E-state index contributed by atoms with van der Waals surface area (Å²) in [5.41, 5.74) is 8.98. The molecule has 2 atom stereocenters. The second-order valence-corrected chi connectivity index (χ2v) is 6.63. The highest BCUT2D eigenvalue weighted by Gasteiger charge is 2.23. The lowest BCUT2D eigenvalue weighted by Gasteiger charge is -2.23. The van der Waals surface area contributed by atoms with Crippen LogP contribution in [0.2, 0.25) is 0 Å². The number of aliphatic hydroxyl groups is 1. The van der Waals surface area contributed by atoms with Gasteiger partial charge in [0.2, 0.25) is 0 Å². The summed E-state index contributed by atoms with van der Waals surface area (Å²) in [5.74, 6) is -0.124. The highest BCUT2D eigenvalue weighted by atomic mass is 79.9. The smallest absolute Gasteiger partial charge is 0.0881 e. The first-order valence-corrected chi connectivity index (χ1v) is 8.01. The van der Waals surface area contributed by atoms with E-state index in [0.29, 0.717) is 6.54 Å². The number of aliphatic hydroxyl groups excluding tert-OH is 1. The molecule has 0 fully saturated rings. The van der Waals surface area contributed by atoms with Crippen LogP contribution in [0.25, 0.3) is 0 Å². The van der Waals surface area contributed by atoms with E-state index in [9.17, 15) is 5.11 Å². The molecule has 20 heavy (non-hydrogen) atoms. The molecule has 0 radical (unpaired) electrons. The third-order valence-corrected chi connectivity index (χ3v) is 4.63. The zero-order valence-corrected chi connectivity index (χ0v) is 14.4. The fourth-order valence-corrected chi connectivity index (χ4v) is 3.08. The Hall–Kier alpha value is -0.680. The number of aryl methyl sites for hydroxylation is 1. The minimum Gasteiger partial charge on any atom is -0.388 e. The highest BCUT2D eigenvalue weighted by molar-refractivity contribution is 9.11. The molecule has 0 aliphatic carbocycles. The van der Waals surface area contributed by atoms with Crippen LogP contribution >= 0.6 is 31.9 Å². The number of nitrogens with two attached hydrogens (primary N) is 1. The Kier molecular flexibility index (Phi) is 5.38. The van der Waals surface area contributed by atoms with Crippen molar-refractivity contribution in [2.75, 3.05) is 6.54 Å². The van der Waals surface area contributed by atoms with Crippen molar-refractivity contribution in [2.45, 2.75) is 18.9 Å². The number of benzene rings is 2. The summed E-state index contributed by atoms with van der Waals surface area (Å²) in [6.07, 6.45) is -0.644. The Morgan fingerprint density at radius 2 is 1.75 bits per heavy atom. The molecule has 0 aliphatic heterocycles. The normalized spacial score (nSPS) is 14.1. The maximum atomic E-state index is 10.7. The van der Waals surface area contributed by atoms with Crippen LogP contribution < -0.4 is 5.73 Å². The summed E-state index contributed by atoms with van der Waals surface area (Å²) >= 11 is 6.93. The van der Waals surface area contributed by atoms with E-state index in [2.05, 4.69) is 31.9 Å². The van der Waals surface area contributed by atoms with Gasteiger partial charge in [-0.3, -0.25) is 0 Å². The molecule has 2 nitrogen and oxygen atoms in total. The van der Waals surface area contributed by atoms with Gasteiger partial charge in [0, 0.05) is 21.4 Å². The van der Waals surface area contributed by atoms with Crippen molar-refractivity contribution in [1.82, 2.24) is 0 Å². The van der Waals surface area contributed by atoms with Crippen molar-refractivity contribution >= 4 is 31.9 Å². The molecular formula is C16H17Br2NO. The van der Waals surface area contributed by atoms with Gasteiger partial charge in [0.05, 0.1) is 6.10 Å². The summed E-state index contributed by atoms with van der Waals surface area (Å²) < 4.78 is 1.83. The zero-order valence-electron chi connectivity index (χ0n) is 11.2. The van der Waals surface area contributed by atoms with Crippen LogP contribution in [-0.2, 0) is 0 Å². The van der Waals surface area contributed by atoms with Gasteiger partial charge in [0.15, 0.2) is 0 Å². The van der Waals surface area contributed by atoms with Gasteiger partial charge in [-0.25, -0.2) is 0 Å². The van der Waals surface area contributed by atoms with E-state index in [1.807, 2.05) is 49.4 Å². The Morgan fingerprint density at radius 3 is 2.35 bits per heavy atom. The van der Waals surface area contributed by atoms with Crippen LogP contribution in [0.3, 0.4) is 0 Å². The SMILES string of the molecule is Cc1ccc(C(CN)C(O)c2cc(Br)ccc2Br)cc1. The topological polar surface area (TPSA) is 46.2 Å². The summed E-state index contributed by atoms with van der Waals surface area (Å²) in [6, 6.07) is 13.9. The first kappa shape index (κ1) is 15.7. The molecule has 0 aromatic heterocycles. The van der Waals surface area contributed by atoms with E-state index in [4.69, 9.17) is 5.73 Å². The molecule has 2 aromatic carbocycles. The number of halogens is 2. The van der Waals surface area contributed by atoms with Gasteiger partial charge >= 0.3 is 0 Å². The van der Waals surface area contributed by atoms with E-state index < -0.39 is 6.10 Å². The van der Waals surface area contributed by atoms with Gasteiger partial charge in [-0.1, -0.05) is 61.7 Å². The number of rotatable bonds is 4. The van der Waals surface area contributed by atoms with E-state index in [-0.39, 0.29) is 5.92 Å². The lowest BCUT2D eigenvalue weighted by molar-refractivity contribution is 0.146. The summed E-state index contributed by atoms with van der Waals surface area (Å²) in [7, 11) is 0. The first-order chi connectivity index (χ1) is 9.52. The fraction of sp³-hybridized carbons (Fsp3) is 0.250. The lowest BCUT2D eigenvalue weighted by atomic mass is 9.89. The molecule has 0 heterocycles. The molecule has 3 N–H and O–H groups in total. The minimum atomic E-state index is -0.644. The van der Waals surface area contributed by atoms with E-state index in [1.54, 1.807) is 0 Å². The van der Waals surface area contributed by atoms with Crippen molar-refractivity contribution in [2.24, 2.45) is 5.73 Å². The van der Waals surface area contributed by atoms with Crippen molar-refractivity contribution < 1.29 is 5.11 Å². The quantitative estimate of drug-likeness (QED) is 0.806. The first-order valence-electron chi connectivity index (χ1n) is 6.42. The lowest BCUT2D eigenvalue weighted by Crippen LogP contribution is -2.20. The minimum absolute atomic E-state index is 0.124. The van der Waals surface area contributed by atoms with Crippen molar-refractivity contribution in [3.8, 4) is 0 Å². The van der Waals surface area contributed by atoms with Gasteiger partial charge < -0.3 is 10.8 Å². The van der Waals surface area contributed by atoms with Gasteiger partial charge in [-0.15, -0.1) is 0 Å². The van der Waals surface area contributed by atoms with Crippen LogP contribution in [0.1, 0.15) is 28.7 Å². The molecule has 2 unspecified atom stereocenters. The molecule has 0 aliphatic rings. The van der Waals surface area contributed by atoms with Gasteiger partial charge in [0.1, 0.15) is 0 Å². The van der Waals surface area contributed by atoms with Crippen molar-refractivity contribution in [3.63, 3.8) is 0 Å². The van der Waals surface area contributed by atoms with Crippen LogP contribution in [0.15, 0.2) is 51.4 Å². The van der Waals surface area contributed by atoms with Crippen LogP contribution in [0.5, 0.6) is 0 Å². The molecule has 0 bridgehead atoms. The molecule has 0 saturated carbocycles. The standard InChI is InChI=1S/C16H17Br2NO/c1-10-2-4-11(5-3-10)14(9-19)16(20)13-8-12(17)6-7-15(13)18/h2-8,14,16,20H,9,19H2,1H3. The molecule has 0 spiro atoms. The number of hydrogen-bond acceptors (Lipinski definition) is 2. The summed E-state index contributed by atoms with van der Waals surface area (Å²) in [4.78, 5) is 0. The molecular weight excluding hydrogens is 382 g/mol. The van der Waals surface area contributed by atoms with Gasteiger partial charge in [0.25, 0.3) is 0 Å². The maximum Gasteiger partial charge on any atom is 0.0881 e. The van der Waals surface area contributed by atoms with Crippen molar-refractivity contribution in [3.05, 3.63) is 68.1 Å². The average molecular weight is 399 g/mol. The molecule has 0 saturated heterocycles. The maximum absolute atomic E-state index is 10.7. The highest BCUT2D eigenvalue weighted by Crippen LogP contribution is 2.35. The molecule has 106 valence electrons. The Bertz CT molecular complexity index is 584. The second kappa shape index (κ2) is 6.85. The average Bonchev–Trinajstić information content (AvgIpc) is 2.44. The Labute approximate surface area is 136 Å². The predicted octanol–water partition coefficient (Wildman–Crippen LogP) is 4.30. The van der Waals surface area contributed by atoms with E-state index in [1.165, 1.54) is 5.56 Å². The van der Waals surface area contributed by atoms with Crippen molar-refractivity contribution in [1.29, 1.82) is 0 Å². The van der Waals surface area contributed by atoms with Crippen LogP contribution in [0.4, 0.5) is 0 Å². The van der Waals surface area contributed by atoms with E-state index in [0.717, 1.165) is 20.1 Å². The molecule has 0 amide bonds. The molecule has 2 rings (SSSR count). The van der Waals surface area contributed by atoms with Gasteiger partial charge in [-0.2, -0.15) is 0 Å². The predicted molar refractivity (Wildman–Crippen MR) is 89.8 cm³/mol. The monoisotopic (exact) mass is 397 g/mol.